The zero-order valence-electron chi connectivity index (χ0n) is 20.0. The van der Waals surface area contributed by atoms with Gasteiger partial charge in [0.05, 0.1) is 24.6 Å². The van der Waals surface area contributed by atoms with Gasteiger partial charge in [-0.2, -0.15) is 0 Å². The zero-order chi connectivity index (χ0) is 25.3. The summed E-state index contributed by atoms with van der Waals surface area (Å²) in [5, 5.41) is 0.330. The van der Waals surface area contributed by atoms with Gasteiger partial charge < -0.3 is 20.9 Å². The third kappa shape index (κ3) is 7.28. The van der Waals surface area contributed by atoms with Crippen molar-refractivity contribution >= 4 is 29.7 Å². The fraction of sp³-hybridized carbons (Fsp3) is 0.375. The van der Waals surface area contributed by atoms with Crippen LogP contribution in [0.3, 0.4) is 0 Å². The molecule has 10 heteroatoms. The summed E-state index contributed by atoms with van der Waals surface area (Å²) in [5.41, 5.74) is 12.3. The molecule has 0 atom stereocenters. The number of amides is 2. The number of carbonyl (C=O) groups excluding carboxylic acids is 2. The van der Waals surface area contributed by atoms with E-state index < -0.39 is 5.91 Å². The molecule has 1 aliphatic rings. The SMILES string of the molecule is CCC(C)(C)C.NC(=O)c1nc(-c2ccccc2)n2c1CN(c1cncc(Cl)n1)CC2.NC=O. The third-order valence-electron chi connectivity index (χ3n) is 5.25. The Kier molecular flexibility index (Phi) is 9.56. The maximum Gasteiger partial charge on any atom is 0.269 e. The van der Waals surface area contributed by atoms with Gasteiger partial charge in [-0.3, -0.25) is 14.6 Å². The molecule has 1 aromatic carbocycles. The second-order valence-corrected chi connectivity index (χ2v) is 9.17. The first-order chi connectivity index (χ1) is 16.1. The number of fused-ring (bicyclic) bond motifs is 1. The maximum absolute atomic E-state index is 11.9. The second-order valence-electron chi connectivity index (χ2n) is 8.78. The number of hydrogen-bond donors (Lipinski definition) is 2. The molecule has 2 aromatic heterocycles. The van der Waals surface area contributed by atoms with Crippen molar-refractivity contribution in [2.45, 2.75) is 47.2 Å². The smallest absolute Gasteiger partial charge is 0.269 e. The van der Waals surface area contributed by atoms with Crippen molar-refractivity contribution in [2.75, 3.05) is 11.4 Å². The fourth-order valence-corrected chi connectivity index (χ4v) is 3.20. The fourth-order valence-electron chi connectivity index (χ4n) is 3.05. The predicted octanol–water partition coefficient (Wildman–Crippen LogP) is 3.66. The van der Waals surface area contributed by atoms with Crippen LogP contribution < -0.4 is 16.4 Å². The normalized spacial score (nSPS) is 12.4. The van der Waals surface area contributed by atoms with Gasteiger partial charge >= 0.3 is 0 Å². The Morgan fingerprint density at radius 3 is 2.29 bits per heavy atom. The van der Waals surface area contributed by atoms with Gasteiger partial charge in [0.25, 0.3) is 5.91 Å². The molecule has 4 rings (SSSR count). The molecule has 0 unspecified atom stereocenters. The minimum atomic E-state index is -0.537. The van der Waals surface area contributed by atoms with Gasteiger partial charge in [-0.1, -0.05) is 76.0 Å². The zero-order valence-corrected chi connectivity index (χ0v) is 20.8. The molecule has 182 valence electrons. The summed E-state index contributed by atoms with van der Waals surface area (Å²) in [7, 11) is 0. The molecule has 34 heavy (non-hydrogen) atoms. The summed E-state index contributed by atoms with van der Waals surface area (Å²) in [5.74, 6) is 0.878. The summed E-state index contributed by atoms with van der Waals surface area (Å²) in [4.78, 5) is 35.4. The number of benzene rings is 1. The van der Waals surface area contributed by atoms with Gasteiger partial charge in [0.15, 0.2) is 5.69 Å². The number of aromatic nitrogens is 4. The molecule has 9 nitrogen and oxygen atoms in total. The molecule has 0 fully saturated rings. The maximum atomic E-state index is 11.9. The minimum absolute atomic E-state index is 0.250. The number of anilines is 1. The Labute approximate surface area is 205 Å². The highest BCUT2D eigenvalue weighted by atomic mass is 35.5. The third-order valence-corrected chi connectivity index (χ3v) is 5.43. The van der Waals surface area contributed by atoms with Crippen molar-refractivity contribution in [3.05, 3.63) is 59.3 Å². The average Bonchev–Trinajstić information content (AvgIpc) is 3.19. The highest BCUT2D eigenvalue weighted by Gasteiger charge is 2.27. The number of nitrogens with zero attached hydrogens (tertiary/aromatic N) is 5. The Morgan fingerprint density at radius 2 is 1.76 bits per heavy atom. The van der Waals surface area contributed by atoms with E-state index in [1.165, 1.54) is 12.6 Å². The molecule has 2 amide bonds. The quantitative estimate of drug-likeness (QED) is 0.544. The van der Waals surface area contributed by atoms with Crippen molar-refractivity contribution < 1.29 is 9.59 Å². The van der Waals surface area contributed by atoms with Gasteiger partial charge in [0, 0.05) is 18.7 Å². The number of carbonyl (C=O) groups is 2. The Morgan fingerprint density at radius 1 is 1.15 bits per heavy atom. The van der Waals surface area contributed by atoms with E-state index in [9.17, 15) is 4.79 Å². The highest BCUT2D eigenvalue weighted by molar-refractivity contribution is 6.29. The molecule has 0 bridgehead atoms. The molecule has 0 aliphatic carbocycles. The van der Waals surface area contributed by atoms with Crippen molar-refractivity contribution in [3.8, 4) is 11.4 Å². The molecule has 1 aliphatic heterocycles. The first-order valence-electron chi connectivity index (χ1n) is 10.9. The van der Waals surface area contributed by atoms with Crippen LogP contribution in [0.15, 0.2) is 42.7 Å². The summed E-state index contributed by atoms with van der Waals surface area (Å²) in [6.45, 7) is 10.8. The Balaban J connectivity index is 0.000000391. The van der Waals surface area contributed by atoms with Crippen LogP contribution in [0.25, 0.3) is 11.4 Å². The standard InChI is InChI=1S/C17H15ClN6O.C6H14.CH3NO/c18-13-8-20-9-14(21-13)23-6-7-24-12(10-23)15(16(19)25)22-17(24)11-4-2-1-3-5-11;1-5-6(2,3)4;2-1-3/h1-5,8-9H,6-7,10H2,(H2,19,25);5H2,1-4H3;1H,(H2,2,3). The topological polar surface area (TPSA) is 133 Å². The molecular formula is C24H32ClN7O2. The number of hydrogen-bond acceptors (Lipinski definition) is 6. The highest BCUT2D eigenvalue weighted by Crippen LogP contribution is 2.28. The molecule has 0 spiro atoms. The predicted molar refractivity (Wildman–Crippen MR) is 134 cm³/mol. The lowest BCUT2D eigenvalue weighted by molar-refractivity contribution is -0.106. The van der Waals surface area contributed by atoms with Crippen molar-refractivity contribution in [1.29, 1.82) is 0 Å². The van der Waals surface area contributed by atoms with E-state index in [0.717, 1.165) is 17.1 Å². The van der Waals surface area contributed by atoms with E-state index in [2.05, 4.69) is 48.4 Å². The van der Waals surface area contributed by atoms with Gasteiger partial charge in [0.1, 0.15) is 16.8 Å². The number of primary amides is 2. The van der Waals surface area contributed by atoms with E-state index >= 15 is 0 Å². The van der Waals surface area contributed by atoms with Crippen LogP contribution in [-0.2, 0) is 17.9 Å². The summed E-state index contributed by atoms with van der Waals surface area (Å²) >= 11 is 5.94. The first-order valence-corrected chi connectivity index (χ1v) is 11.3. The lowest BCUT2D eigenvalue weighted by Gasteiger charge is -2.30. The van der Waals surface area contributed by atoms with Crippen LogP contribution >= 0.6 is 11.6 Å². The van der Waals surface area contributed by atoms with Crippen molar-refractivity contribution in [2.24, 2.45) is 16.9 Å². The number of nitrogens with two attached hydrogens (primary N) is 2. The first kappa shape index (κ1) is 26.8. The summed E-state index contributed by atoms with van der Waals surface area (Å²) in [6.07, 6.45) is 4.66. The monoisotopic (exact) mass is 485 g/mol. The van der Waals surface area contributed by atoms with E-state index in [0.29, 0.717) is 41.7 Å². The number of imidazole rings is 1. The van der Waals surface area contributed by atoms with Crippen LogP contribution in [-0.4, -0.2) is 38.4 Å². The molecule has 0 saturated carbocycles. The number of halogens is 1. The van der Waals surface area contributed by atoms with Gasteiger partial charge in [-0.25, -0.2) is 9.97 Å². The van der Waals surface area contributed by atoms with Crippen molar-refractivity contribution in [3.63, 3.8) is 0 Å². The van der Waals surface area contributed by atoms with Gasteiger partial charge in [-0.15, -0.1) is 0 Å². The Hall–Kier alpha value is -3.46. The van der Waals surface area contributed by atoms with E-state index in [1.807, 2.05) is 39.8 Å². The molecule has 0 radical (unpaired) electrons. The summed E-state index contributed by atoms with van der Waals surface area (Å²) in [6, 6.07) is 9.76. The summed E-state index contributed by atoms with van der Waals surface area (Å²) < 4.78 is 2.05. The van der Waals surface area contributed by atoms with Gasteiger partial charge in [-0.05, 0) is 5.41 Å². The van der Waals surface area contributed by atoms with Crippen LogP contribution in [0.1, 0.15) is 50.3 Å². The second kappa shape index (κ2) is 12.1. The average molecular weight is 486 g/mol. The number of rotatable bonds is 3. The molecule has 0 saturated heterocycles. The lowest BCUT2D eigenvalue weighted by Crippen LogP contribution is -2.35. The Bertz CT molecular complexity index is 1090. The van der Waals surface area contributed by atoms with Crippen LogP contribution in [0.2, 0.25) is 5.15 Å². The largest absolute Gasteiger partial charge is 0.372 e. The minimum Gasteiger partial charge on any atom is -0.372 e. The van der Waals surface area contributed by atoms with Crippen LogP contribution in [0.5, 0.6) is 0 Å². The van der Waals surface area contributed by atoms with E-state index in [4.69, 9.17) is 22.1 Å². The molecule has 3 heterocycles. The van der Waals surface area contributed by atoms with E-state index in [1.54, 1.807) is 6.20 Å². The molecular weight excluding hydrogens is 454 g/mol. The molecule has 3 aromatic rings. The van der Waals surface area contributed by atoms with Crippen LogP contribution in [0, 0.1) is 5.41 Å². The van der Waals surface area contributed by atoms with Gasteiger partial charge in [0.2, 0.25) is 6.41 Å². The molecule has 4 N–H and O–H groups in total. The lowest BCUT2D eigenvalue weighted by atomic mass is 9.94. The van der Waals surface area contributed by atoms with Crippen LogP contribution in [0.4, 0.5) is 5.82 Å². The van der Waals surface area contributed by atoms with Crippen molar-refractivity contribution in [1.82, 2.24) is 19.5 Å². The van der Waals surface area contributed by atoms with E-state index in [-0.39, 0.29) is 6.41 Å².